The number of rotatable bonds is 6. The summed E-state index contributed by atoms with van der Waals surface area (Å²) >= 11 is 0. The van der Waals surface area contributed by atoms with Crippen molar-refractivity contribution in [3.63, 3.8) is 0 Å². The number of nitrogens with two attached hydrogens (primary N) is 1. The predicted octanol–water partition coefficient (Wildman–Crippen LogP) is 3.87. The lowest BCUT2D eigenvalue weighted by molar-refractivity contribution is 0.695. The Hall–Kier alpha value is -1.94. The van der Waals surface area contributed by atoms with Gasteiger partial charge in [0.25, 0.3) is 0 Å². The highest BCUT2D eigenvalue weighted by atomic mass is 15.0. The summed E-state index contributed by atoms with van der Waals surface area (Å²) in [6.07, 6.45) is 7.98. The minimum atomic E-state index is 0.557. The van der Waals surface area contributed by atoms with Crippen molar-refractivity contribution in [2.75, 3.05) is 18.4 Å². The third kappa shape index (κ3) is 3.88. The van der Waals surface area contributed by atoms with Crippen LogP contribution in [0, 0.1) is 6.92 Å². The van der Waals surface area contributed by atoms with Gasteiger partial charge >= 0.3 is 0 Å². The van der Waals surface area contributed by atoms with E-state index in [1.807, 2.05) is 6.20 Å². The summed E-state index contributed by atoms with van der Waals surface area (Å²) < 4.78 is 0. The monoisotopic (exact) mass is 310 g/mol. The van der Waals surface area contributed by atoms with Gasteiger partial charge in [0.15, 0.2) is 5.82 Å². The van der Waals surface area contributed by atoms with Gasteiger partial charge in [-0.05, 0) is 38.8 Å². The summed E-state index contributed by atoms with van der Waals surface area (Å²) in [5, 5.41) is 3.48. The Morgan fingerprint density at radius 2 is 2.09 bits per heavy atom. The zero-order valence-corrected chi connectivity index (χ0v) is 13.9. The van der Waals surface area contributed by atoms with Crippen LogP contribution in [0.1, 0.15) is 49.3 Å². The number of benzene rings is 1. The quantitative estimate of drug-likeness (QED) is 0.795. The molecule has 1 saturated carbocycles. The van der Waals surface area contributed by atoms with E-state index in [1.165, 1.54) is 36.9 Å². The van der Waals surface area contributed by atoms with Crippen LogP contribution >= 0.6 is 0 Å². The number of aryl methyl sites for hydroxylation is 1. The SMILES string of the molecule is Cc1cccc(-c2ncc(NCCCN)c(C3CCCC3)n2)c1. The molecule has 4 heteroatoms. The molecule has 122 valence electrons. The Morgan fingerprint density at radius 3 is 2.83 bits per heavy atom. The van der Waals surface area contributed by atoms with Crippen LogP contribution in [0.5, 0.6) is 0 Å². The average Bonchev–Trinajstić information content (AvgIpc) is 3.10. The van der Waals surface area contributed by atoms with E-state index in [-0.39, 0.29) is 0 Å². The Labute approximate surface area is 138 Å². The van der Waals surface area contributed by atoms with Crippen molar-refractivity contribution in [2.24, 2.45) is 5.73 Å². The maximum atomic E-state index is 5.60. The lowest BCUT2D eigenvalue weighted by Gasteiger charge is -2.16. The molecule has 0 unspecified atom stereocenters. The molecule has 0 aliphatic heterocycles. The summed E-state index contributed by atoms with van der Waals surface area (Å²) in [5.41, 5.74) is 10.2. The number of aromatic nitrogens is 2. The second-order valence-electron chi connectivity index (χ2n) is 6.41. The van der Waals surface area contributed by atoms with Crippen LogP contribution in [0.15, 0.2) is 30.5 Å². The predicted molar refractivity (Wildman–Crippen MR) is 95.6 cm³/mol. The first-order chi connectivity index (χ1) is 11.3. The Balaban J connectivity index is 1.92. The van der Waals surface area contributed by atoms with Gasteiger partial charge < -0.3 is 11.1 Å². The number of anilines is 1. The second kappa shape index (κ2) is 7.55. The first-order valence-corrected chi connectivity index (χ1v) is 8.66. The van der Waals surface area contributed by atoms with E-state index >= 15 is 0 Å². The van der Waals surface area contributed by atoms with Gasteiger partial charge in [-0.15, -0.1) is 0 Å². The molecule has 0 atom stereocenters. The van der Waals surface area contributed by atoms with Crippen LogP contribution in [0.4, 0.5) is 5.69 Å². The van der Waals surface area contributed by atoms with Crippen molar-refractivity contribution >= 4 is 5.69 Å². The Morgan fingerprint density at radius 1 is 1.26 bits per heavy atom. The van der Waals surface area contributed by atoms with Crippen LogP contribution < -0.4 is 11.1 Å². The lowest BCUT2D eigenvalue weighted by Crippen LogP contribution is -2.12. The zero-order valence-electron chi connectivity index (χ0n) is 13.9. The van der Waals surface area contributed by atoms with E-state index in [2.05, 4.69) is 41.5 Å². The highest BCUT2D eigenvalue weighted by Crippen LogP contribution is 2.37. The van der Waals surface area contributed by atoms with Crippen LogP contribution in [-0.4, -0.2) is 23.1 Å². The van der Waals surface area contributed by atoms with Crippen LogP contribution in [-0.2, 0) is 0 Å². The van der Waals surface area contributed by atoms with Crippen molar-refractivity contribution in [1.82, 2.24) is 9.97 Å². The van der Waals surface area contributed by atoms with Gasteiger partial charge in [-0.2, -0.15) is 0 Å². The number of hydrogen-bond acceptors (Lipinski definition) is 4. The van der Waals surface area contributed by atoms with E-state index in [9.17, 15) is 0 Å². The minimum Gasteiger partial charge on any atom is -0.382 e. The fourth-order valence-corrected chi connectivity index (χ4v) is 3.29. The molecule has 1 aromatic heterocycles. The van der Waals surface area contributed by atoms with E-state index < -0.39 is 0 Å². The number of nitrogens with one attached hydrogen (secondary N) is 1. The van der Waals surface area contributed by atoms with E-state index in [0.717, 1.165) is 30.0 Å². The first kappa shape index (κ1) is 15.9. The van der Waals surface area contributed by atoms with Crippen LogP contribution in [0.2, 0.25) is 0 Å². The molecule has 1 aliphatic carbocycles. The second-order valence-corrected chi connectivity index (χ2v) is 6.41. The molecule has 1 fully saturated rings. The molecule has 4 nitrogen and oxygen atoms in total. The molecule has 1 aliphatic rings. The highest BCUT2D eigenvalue weighted by Gasteiger charge is 2.22. The van der Waals surface area contributed by atoms with Gasteiger partial charge in [-0.3, -0.25) is 0 Å². The molecule has 1 heterocycles. The van der Waals surface area contributed by atoms with Crippen molar-refractivity contribution in [2.45, 2.75) is 44.9 Å². The highest BCUT2D eigenvalue weighted by molar-refractivity contribution is 5.59. The normalized spacial score (nSPS) is 15.0. The summed E-state index contributed by atoms with van der Waals surface area (Å²) in [4.78, 5) is 9.54. The topological polar surface area (TPSA) is 63.8 Å². The number of nitrogens with zero attached hydrogens (tertiary/aromatic N) is 2. The van der Waals surface area contributed by atoms with Crippen molar-refractivity contribution in [3.05, 3.63) is 41.7 Å². The Bertz CT molecular complexity index is 648. The van der Waals surface area contributed by atoms with Crippen molar-refractivity contribution in [1.29, 1.82) is 0 Å². The molecule has 0 saturated heterocycles. The molecular weight excluding hydrogens is 284 g/mol. The molecular formula is C19H26N4. The van der Waals surface area contributed by atoms with E-state index in [1.54, 1.807) is 0 Å². The smallest absolute Gasteiger partial charge is 0.159 e. The van der Waals surface area contributed by atoms with Gasteiger partial charge in [0.2, 0.25) is 0 Å². The number of hydrogen-bond donors (Lipinski definition) is 2. The maximum absolute atomic E-state index is 5.60. The molecule has 23 heavy (non-hydrogen) atoms. The summed E-state index contributed by atoms with van der Waals surface area (Å²) in [5.74, 6) is 1.39. The van der Waals surface area contributed by atoms with Crippen molar-refractivity contribution in [3.8, 4) is 11.4 Å². The first-order valence-electron chi connectivity index (χ1n) is 8.66. The van der Waals surface area contributed by atoms with Crippen molar-refractivity contribution < 1.29 is 0 Å². The van der Waals surface area contributed by atoms with Gasteiger partial charge in [-0.1, -0.05) is 36.6 Å². The summed E-state index contributed by atoms with van der Waals surface area (Å²) in [6, 6.07) is 8.40. The van der Waals surface area contributed by atoms with Gasteiger partial charge in [0.1, 0.15) is 0 Å². The van der Waals surface area contributed by atoms with Gasteiger partial charge in [-0.25, -0.2) is 9.97 Å². The molecule has 0 amide bonds. The largest absolute Gasteiger partial charge is 0.382 e. The molecule has 3 rings (SSSR count). The summed E-state index contributed by atoms with van der Waals surface area (Å²) in [7, 11) is 0. The summed E-state index contributed by atoms with van der Waals surface area (Å²) in [6.45, 7) is 3.68. The fraction of sp³-hybridized carbons (Fsp3) is 0.474. The van der Waals surface area contributed by atoms with Gasteiger partial charge in [0.05, 0.1) is 17.6 Å². The molecule has 2 aromatic rings. The van der Waals surface area contributed by atoms with E-state index in [0.29, 0.717) is 12.5 Å². The van der Waals surface area contributed by atoms with Crippen LogP contribution in [0.3, 0.4) is 0 Å². The van der Waals surface area contributed by atoms with Crippen LogP contribution in [0.25, 0.3) is 11.4 Å². The molecule has 0 bridgehead atoms. The Kier molecular flexibility index (Phi) is 5.23. The molecule has 0 radical (unpaired) electrons. The maximum Gasteiger partial charge on any atom is 0.159 e. The molecule has 0 spiro atoms. The average molecular weight is 310 g/mol. The zero-order chi connectivity index (χ0) is 16.1. The van der Waals surface area contributed by atoms with Gasteiger partial charge in [0, 0.05) is 18.0 Å². The fourth-order valence-electron chi connectivity index (χ4n) is 3.29. The molecule has 3 N–H and O–H groups in total. The third-order valence-electron chi connectivity index (χ3n) is 4.53. The minimum absolute atomic E-state index is 0.557. The third-order valence-corrected chi connectivity index (χ3v) is 4.53. The standard InChI is InChI=1S/C19H26N4/c1-14-6-4-9-16(12-14)19-22-13-17(21-11-5-10-20)18(23-19)15-7-2-3-8-15/h4,6,9,12-13,15,21H,2-3,5,7-8,10-11,20H2,1H3. The lowest BCUT2D eigenvalue weighted by atomic mass is 10.0. The van der Waals surface area contributed by atoms with E-state index in [4.69, 9.17) is 10.7 Å². The molecule has 1 aromatic carbocycles.